The SMILES string of the molecule is C#CC(C)(C)Nc1ccc2[nH]c(=O)cc(C(F)(F)F)c2c1.CC. The van der Waals surface area contributed by atoms with Gasteiger partial charge in [0, 0.05) is 22.7 Å². The minimum absolute atomic E-state index is 0.0834. The normalized spacial score (nSPS) is 11.4. The average molecular weight is 324 g/mol. The van der Waals surface area contributed by atoms with Crippen molar-refractivity contribution in [2.75, 3.05) is 5.32 Å². The van der Waals surface area contributed by atoms with Crippen LogP contribution in [-0.2, 0) is 6.18 Å². The Labute approximate surface area is 132 Å². The number of hydrogen-bond donors (Lipinski definition) is 2. The second kappa shape index (κ2) is 6.78. The number of halogens is 3. The number of benzene rings is 1. The number of aromatic amines is 1. The maximum absolute atomic E-state index is 13.0. The van der Waals surface area contributed by atoms with E-state index in [1.807, 2.05) is 13.8 Å². The summed E-state index contributed by atoms with van der Waals surface area (Å²) in [5.41, 5.74) is -1.89. The lowest BCUT2D eigenvalue weighted by Crippen LogP contribution is -2.28. The number of rotatable bonds is 2. The first kappa shape index (κ1) is 18.6. The molecule has 0 bridgehead atoms. The van der Waals surface area contributed by atoms with E-state index in [1.165, 1.54) is 12.1 Å². The first-order chi connectivity index (χ1) is 10.6. The highest BCUT2D eigenvalue weighted by molar-refractivity contribution is 5.86. The van der Waals surface area contributed by atoms with E-state index in [2.05, 4.69) is 16.2 Å². The maximum Gasteiger partial charge on any atom is 0.417 e. The fourth-order valence-corrected chi connectivity index (χ4v) is 1.96. The Hall–Kier alpha value is -2.42. The summed E-state index contributed by atoms with van der Waals surface area (Å²) in [5.74, 6) is 2.50. The number of terminal acetylenes is 1. The van der Waals surface area contributed by atoms with Gasteiger partial charge in [0.1, 0.15) is 0 Å². The number of alkyl halides is 3. The molecule has 23 heavy (non-hydrogen) atoms. The molecule has 0 aliphatic heterocycles. The summed E-state index contributed by atoms with van der Waals surface area (Å²) in [4.78, 5) is 13.7. The number of nitrogens with one attached hydrogen (secondary N) is 2. The summed E-state index contributed by atoms with van der Waals surface area (Å²) >= 11 is 0. The van der Waals surface area contributed by atoms with Gasteiger partial charge in [-0.1, -0.05) is 19.8 Å². The van der Waals surface area contributed by atoms with Gasteiger partial charge in [-0.15, -0.1) is 6.42 Å². The van der Waals surface area contributed by atoms with Crippen molar-refractivity contribution < 1.29 is 13.2 Å². The molecule has 0 saturated carbocycles. The van der Waals surface area contributed by atoms with Gasteiger partial charge in [0.15, 0.2) is 0 Å². The third-order valence-electron chi connectivity index (χ3n) is 2.97. The molecule has 0 atom stereocenters. The Morgan fingerprint density at radius 3 is 2.30 bits per heavy atom. The lowest BCUT2D eigenvalue weighted by Gasteiger charge is -2.21. The summed E-state index contributed by atoms with van der Waals surface area (Å²) in [7, 11) is 0. The van der Waals surface area contributed by atoms with Crippen molar-refractivity contribution in [3.8, 4) is 12.3 Å². The zero-order valence-corrected chi connectivity index (χ0v) is 13.4. The number of hydrogen-bond acceptors (Lipinski definition) is 2. The number of fused-ring (bicyclic) bond motifs is 1. The van der Waals surface area contributed by atoms with Crippen LogP contribution in [0.4, 0.5) is 18.9 Å². The van der Waals surface area contributed by atoms with Crippen molar-refractivity contribution in [2.45, 2.75) is 39.4 Å². The minimum Gasteiger partial charge on any atom is -0.370 e. The monoisotopic (exact) mass is 324 g/mol. The first-order valence-electron chi connectivity index (χ1n) is 7.13. The Morgan fingerprint density at radius 1 is 1.17 bits per heavy atom. The molecule has 2 rings (SSSR count). The number of H-pyrrole nitrogens is 1. The molecule has 0 aliphatic carbocycles. The van der Waals surface area contributed by atoms with Crippen molar-refractivity contribution >= 4 is 16.6 Å². The van der Waals surface area contributed by atoms with Gasteiger partial charge >= 0.3 is 6.18 Å². The van der Waals surface area contributed by atoms with Crippen LogP contribution in [0.1, 0.15) is 33.3 Å². The molecule has 3 nitrogen and oxygen atoms in total. The highest BCUT2D eigenvalue weighted by Crippen LogP contribution is 2.34. The molecule has 2 N–H and O–H groups in total. The van der Waals surface area contributed by atoms with Crippen LogP contribution in [0.3, 0.4) is 0 Å². The van der Waals surface area contributed by atoms with Crippen molar-refractivity contribution in [3.05, 3.63) is 40.2 Å². The summed E-state index contributed by atoms with van der Waals surface area (Å²) < 4.78 is 39.1. The molecule has 6 heteroatoms. The van der Waals surface area contributed by atoms with Gasteiger partial charge in [-0.25, -0.2) is 0 Å². The van der Waals surface area contributed by atoms with Crippen LogP contribution in [0.5, 0.6) is 0 Å². The standard InChI is InChI=1S/C15H13F3N2O.C2H6/c1-4-14(2,3)20-9-5-6-12-10(7-9)11(15(16,17)18)8-13(21)19-12;1-2/h1,5-8,20H,2-3H3,(H,19,21);1-2H3. The topological polar surface area (TPSA) is 44.9 Å². The molecule has 0 unspecified atom stereocenters. The Bertz CT molecular complexity index is 783. The van der Waals surface area contributed by atoms with Gasteiger partial charge < -0.3 is 10.3 Å². The van der Waals surface area contributed by atoms with E-state index < -0.39 is 22.8 Å². The summed E-state index contributed by atoms with van der Waals surface area (Å²) in [6.45, 7) is 7.46. The van der Waals surface area contributed by atoms with Crippen LogP contribution in [-0.4, -0.2) is 10.5 Å². The van der Waals surface area contributed by atoms with Crippen molar-refractivity contribution in [2.24, 2.45) is 0 Å². The fourth-order valence-electron chi connectivity index (χ4n) is 1.96. The predicted molar refractivity (Wildman–Crippen MR) is 87.5 cm³/mol. The number of pyridine rings is 1. The Kier molecular flexibility index (Phi) is 5.49. The van der Waals surface area contributed by atoms with Gasteiger partial charge in [0.05, 0.1) is 11.1 Å². The van der Waals surface area contributed by atoms with Crippen LogP contribution in [0.15, 0.2) is 29.1 Å². The van der Waals surface area contributed by atoms with Crippen LogP contribution in [0, 0.1) is 12.3 Å². The Morgan fingerprint density at radius 2 is 1.78 bits per heavy atom. The van der Waals surface area contributed by atoms with Crippen LogP contribution in [0.2, 0.25) is 0 Å². The first-order valence-corrected chi connectivity index (χ1v) is 7.13. The smallest absolute Gasteiger partial charge is 0.370 e. The molecule has 1 aromatic heterocycles. The zero-order valence-electron chi connectivity index (χ0n) is 13.4. The average Bonchev–Trinajstić information content (AvgIpc) is 2.47. The van der Waals surface area contributed by atoms with Crippen LogP contribution in [0.25, 0.3) is 10.9 Å². The van der Waals surface area contributed by atoms with Crippen molar-refractivity contribution in [3.63, 3.8) is 0 Å². The lowest BCUT2D eigenvalue weighted by molar-refractivity contribution is -0.136. The van der Waals surface area contributed by atoms with Crippen LogP contribution < -0.4 is 10.9 Å². The van der Waals surface area contributed by atoms with Gasteiger partial charge in [0.25, 0.3) is 0 Å². The van der Waals surface area contributed by atoms with Gasteiger partial charge in [-0.3, -0.25) is 4.79 Å². The van der Waals surface area contributed by atoms with E-state index in [-0.39, 0.29) is 10.9 Å². The van der Waals surface area contributed by atoms with E-state index in [4.69, 9.17) is 6.42 Å². The molecule has 0 amide bonds. The summed E-state index contributed by atoms with van der Waals surface area (Å²) in [6.07, 6.45) is 0.741. The number of anilines is 1. The van der Waals surface area contributed by atoms with Gasteiger partial charge in [0.2, 0.25) is 5.56 Å². The van der Waals surface area contributed by atoms with E-state index in [0.29, 0.717) is 11.8 Å². The van der Waals surface area contributed by atoms with Gasteiger partial charge in [-0.2, -0.15) is 13.2 Å². The molecule has 1 aromatic carbocycles. The van der Waals surface area contributed by atoms with Crippen molar-refractivity contribution in [1.82, 2.24) is 4.98 Å². The largest absolute Gasteiger partial charge is 0.417 e. The summed E-state index contributed by atoms with van der Waals surface area (Å²) in [5, 5.41) is 2.87. The third kappa shape index (κ3) is 4.52. The highest BCUT2D eigenvalue weighted by Gasteiger charge is 2.33. The summed E-state index contributed by atoms with van der Waals surface area (Å²) in [6, 6.07) is 4.87. The quantitative estimate of drug-likeness (QED) is 0.804. The van der Waals surface area contributed by atoms with Gasteiger partial charge in [-0.05, 0) is 32.0 Å². The van der Waals surface area contributed by atoms with Crippen LogP contribution >= 0.6 is 0 Å². The molecule has 0 radical (unpaired) electrons. The minimum atomic E-state index is -4.60. The van der Waals surface area contributed by atoms with E-state index in [9.17, 15) is 18.0 Å². The van der Waals surface area contributed by atoms with E-state index in [0.717, 1.165) is 0 Å². The molecular formula is C17H19F3N2O. The molecule has 0 saturated heterocycles. The molecular weight excluding hydrogens is 305 g/mol. The molecule has 0 fully saturated rings. The molecule has 0 spiro atoms. The van der Waals surface area contributed by atoms with Crippen molar-refractivity contribution in [1.29, 1.82) is 0 Å². The Balaban J connectivity index is 0.00000127. The molecule has 0 aliphatic rings. The molecule has 1 heterocycles. The number of aromatic nitrogens is 1. The predicted octanol–water partition coefficient (Wildman–Crippen LogP) is 4.40. The molecule has 2 aromatic rings. The second-order valence-electron chi connectivity index (χ2n) is 5.20. The van der Waals surface area contributed by atoms with E-state index >= 15 is 0 Å². The highest BCUT2D eigenvalue weighted by atomic mass is 19.4. The maximum atomic E-state index is 13.0. The second-order valence-corrected chi connectivity index (χ2v) is 5.20. The lowest BCUT2D eigenvalue weighted by atomic mass is 10.0. The molecule has 124 valence electrons. The zero-order chi connectivity index (χ0) is 17.8. The van der Waals surface area contributed by atoms with E-state index in [1.54, 1.807) is 19.9 Å². The fraction of sp³-hybridized carbons (Fsp3) is 0.353. The third-order valence-corrected chi connectivity index (χ3v) is 2.97.